The first-order chi connectivity index (χ1) is 28.7. The Hall–Kier alpha value is -4.32. The third-order valence-electron chi connectivity index (χ3n) is 12.8. The smallest absolute Gasteiger partial charge is 0.664 e. The van der Waals surface area contributed by atoms with Crippen molar-refractivity contribution in [1.29, 1.82) is 0 Å². The standard InChI is InChI=1S/C50H63N4O6.Mg/c1-11-33-30(7)37-23-38-31(8)35(19-20-43(56)60-22-21-29(6)18-14-17-28(5)16-13-15-27(3)4)47(53-38)45-46(50(58)59-10)49(57)44-32(9)39(54-48(44)45)24-41-34(12-2)36(26-55)42(52-41)25-40(33)51-37;/h11,21,23-25,27-28,31,35,46,55H,1,12-20,22,26H2,2-10H3,(H-,53,54,57);/q-3;+2/p-1/b29-21+,38-23-,41-24-,42-25-;/t28-,31-,35-,46+;/m0./s1. The minimum atomic E-state index is -1.25. The fourth-order valence-electron chi connectivity index (χ4n) is 9.17. The van der Waals surface area contributed by atoms with E-state index < -0.39 is 17.7 Å². The van der Waals surface area contributed by atoms with Crippen LogP contribution in [-0.2, 0) is 32.1 Å². The number of carbonyl (C=O) groups excluding carboxylic acids is 3. The zero-order valence-electron chi connectivity index (χ0n) is 37.7. The second kappa shape index (κ2) is 20.7. The number of carbonyl (C=O) groups is 3. The molecule has 61 heavy (non-hydrogen) atoms. The molecule has 11 heteroatoms. The summed E-state index contributed by atoms with van der Waals surface area (Å²) in [4.78, 5) is 56.2. The molecular formula is C50H62MgN4O6-2. The van der Waals surface area contributed by atoms with E-state index in [-0.39, 0.29) is 60.5 Å². The number of aliphatic hydroxyl groups excluding tert-OH is 1. The van der Waals surface area contributed by atoms with Gasteiger partial charge in [0.2, 0.25) is 0 Å². The van der Waals surface area contributed by atoms with Gasteiger partial charge in [-0.15, -0.1) is 33.5 Å². The van der Waals surface area contributed by atoms with Crippen LogP contribution in [0.3, 0.4) is 0 Å². The summed E-state index contributed by atoms with van der Waals surface area (Å²) < 4.78 is 11.0. The molecule has 8 bridgehead atoms. The molecule has 1 saturated heterocycles. The van der Waals surface area contributed by atoms with Gasteiger partial charge in [-0.3, -0.25) is 14.4 Å². The molecule has 1 fully saturated rings. The number of aliphatic hydroxyl groups is 1. The predicted molar refractivity (Wildman–Crippen MR) is 243 cm³/mol. The van der Waals surface area contributed by atoms with Crippen LogP contribution >= 0.6 is 0 Å². The van der Waals surface area contributed by atoms with Crippen LogP contribution in [0.25, 0.3) is 35.2 Å². The minimum Gasteiger partial charge on any atom is -0.664 e. The molecule has 10 nitrogen and oxygen atoms in total. The fourth-order valence-corrected chi connectivity index (χ4v) is 9.17. The maximum atomic E-state index is 14.3. The molecule has 3 aromatic heterocycles. The molecule has 5 heterocycles. The topological polar surface area (TPSA) is 146 Å². The summed E-state index contributed by atoms with van der Waals surface area (Å²) in [6.07, 6.45) is 17.7. The molecule has 4 atom stereocenters. The average molecular weight is 839 g/mol. The van der Waals surface area contributed by atoms with Gasteiger partial charge in [0.25, 0.3) is 0 Å². The quantitative estimate of drug-likeness (QED) is 0.0625. The SMILES string of the molecule is C=Cc1c2[n-]c(c1C)/C=C1\[N-]/C(=C3\c4[n-]c(c(C)c4C(=O)[C@@H]3C(=O)OC)/C=c3\[n-]/c(c(CO)c3CC)=C\2)[C@@H](CCC(=O)OC/C=C(\C)CCC[C@@H](C)CCCC(C)C)[C@@H]1C.[Mg+2]. The zero-order valence-corrected chi connectivity index (χ0v) is 39.2. The number of hydrogen-bond donors (Lipinski definition) is 1. The Morgan fingerprint density at radius 1 is 0.934 bits per heavy atom. The van der Waals surface area contributed by atoms with Gasteiger partial charge in [0.15, 0.2) is 5.78 Å². The normalized spacial score (nSPS) is 21.8. The van der Waals surface area contributed by atoms with Crippen LogP contribution in [0, 0.1) is 43.4 Å². The summed E-state index contributed by atoms with van der Waals surface area (Å²) in [7, 11) is 1.27. The number of ether oxygens (including phenoxy) is 2. The van der Waals surface area contributed by atoms with Crippen molar-refractivity contribution in [2.24, 2.45) is 29.6 Å². The Morgan fingerprint density at radius 3 is 2.30 bits per heavy atom. The van der Waals surface area contributed by atoms with E-state index in [1.807, 2.05) is 52.0 Å². The summed E-state index contributed by atoms with van der Waals surface area (Å²) >= 11 is 0. The maximum absolute atomic E-state index is 14.3. The number of aromatic nitrogens is 3. The summed E-state index contributed by atoms with van der Waals surface area (Å²) in [5, 5.41) is 17.0. The van der Waals surface area contributed by atoms with E-state index in [1.165, 1.54) is 38.4 Å². The Morgan fingerprint density at radius 2 is 1.62 bits per heavy atom. The van der Waals surface area contributed by atoms with E-state index in [0.717, 1.165) is 35.4 Å². The minimum absolute atomic E-state index is 0. The monoisotopic (exact) mass is 838 g/mol. The number of hydrogen-bond acceptors (Lipinski definition) is 6. The van der Waals surface area contributed by atoms with Crippen molar-refractivity contribution < 1.29 is 29.0 Å². The average Bonchev–Trinajstić information content (AvgIpc) is 3.96. The van der Waals surface area contributed by atoms with Crippen molar-refractivity contribution >= 4 is 70.7 Å². The number of allylic oxidation sites excluding steroid dienone is 3. The van der Waals surface area contributed by atoms with Gasteiger partial charge in [-0.2, -0.15) is 11.4 Å². The third-order valence-corrected chi connectivity index (χ3v) is 12.8. The first-order valence-corrected chi connectivity index (χ1v) is 21.8. The van der Waals surface area contributed by atoms with Gasteiger partial charge in [0.05, 0.1) is 13.7 Å². The van der Waals surface area contributed by atoms with Crippen molar-refractivity contribution in [1.82, 2.24) is 15.0 Å². The van der Waals surface area contributed by atoms with Crippen LogP contribution in [0.4, 0.5) is 0 Å². The largest absolute Gasteiger partial charge is 2.00 e. The molecule has 0 spiro atoms. The van der Waals surface area contributed by atoms with Crippen LogP contribution < -0.4 is 25.7 Å². The Kier molecular flexibility index (Phi) is 16.2. The maximum Gasteiger partial charge on any atom is 2.00 e. The molecule has 0 amide bonds. The van der Waals surface area contributed by atoms with Gasteiger partial charge in [0.1, 0.15) is 12.5 Å². The van der Waals surface area contributed by atoms with E-state index in [4.69, 9.17) is 29.7 Å². The van der Waals surface area contributed by atoms with Crippen molar-refractivity contribution in [3.05, 3.63) is 102 Å². The second-order valence-electron chi connectivity index (χ2n) is 17.4. The molecule has 1 N–H and O–H groups in total. The van der Waals surface area contributed by atoms with Gasteiger partial charge >= 0.3 is 35.0 Å². The number of fused-ring (bicyclic) bond motifs is 7. The van der Waals surface area contributed by atoms with Gasteiger partial charge in [0, 0.05) is 12.0 Å². The van der Waals surface area contributed by atoms with Crippen LogP contribution in [0.5, 0.6) is 0 Å². The second-order valence-corrected chi connectivity index (χ2v) is 17.4. The number of Topliss-reactive ketones (excluding diaryl/α,β-unsaturated/α-hetero) is 1. The summed E-state index contributed by atoms with van der Waals surface area (Å²) in [5.74, 6) is -1.75. The van der Waals surface area contributed by atoms with Crippen LogP contribution in [-0.4, -0.2) is 59.6 Å². The van der Waals surface area contributed by atoms with E-state index in [1.54, 1.807) is 6.08 Å². The molecule has 322 valence electrons. The van der Waals surface area contributed by atoms with Crippen molar-refractivity contribution in [2.75, 3.05) is 13.7 Å². The molecule has 2 aliphatic heterocycles. The van der Waals surface area contributed by atoms with Gasteiger partial charge < -0.3 is 34.8 Å². The number of ketones is 1. The number of nitrogens with zero attached hydrogens (tertiary/aromatic N) is 4. The molecule has 0 radical (unpaired) electrons. The molecular weight excluding hydrogens is 777 g/mol. The molecule has 0 saturated carbocycles. The predicted octanol–water partition coefficient (Wildman–Crippen LogP) is 7.74. The van der Waals surface area contributed by atoms with E-state index >= 15 is 0 Å². The van der Waals surface area contributed by atoms with E-state index in [9.17, 15) is 19.5 Å². The molecule has 0 aromatic carbocycles. The van der Waals surface area contributed by atoms with Crippen LogP contribution in [0.15, 0.2) is 29.6 Å². The molecule has 3 aromatic rings. The molecule has 3 aliphatic rings. The van der Waals surface area contributed by atoms with Crippen molar-refractivity contribution in [3.63, 3.8) is 0 Å². The van der Waals surface area contributed by atoms with Crippen molar-refractivity contribution in [2.45, 2.75) is 120 Å². The summed E-state index contributed by atoms with van der Waals surface area (Å²) in [5.41, 5.74) is 9.48. The number of esters is 2. The fraction of sp³-hybridized carbons (Fsp3) is 0.500. The van der Waals surface area contributed by atoms with Crippen LogP contribution in [0.1, 0.15) is 154 Å². The number of methoxy groups -OCH3 is 1. The molecule has 1 aliphatic carbocycles. The summed E-state index contributed by atoms with van der Waals surface area (Å²) in [6, 6.07) is 0. The Bertz CT molecular complexity index is 2370. The summed E-state index contributed by atoms with van der Waals surface area (Å²) in [6.45, 7) is 20.9. The first kappa shape index (κ1) is 47.7. The van der Waals surface area contributed by atoms with E-state index in [2.05, 4.69) is 34.3 Å². The van der Waals surface area contributed by atoms with Crippen LogP contribution in [0.2, 0.25) is 0 Å². The molecule has 0 unspecified atom stereocenters. The Balaban J connectivity index is 0.00000704. The van der Waals surface area contributed by atoms with Crippen molar-refractivity contribution in [3.8, 4) is 0 Å². The van der Waals surface area contributed by atoms with Gasteiger partial charge in [-0.1, -0.05) is 119 Å². The zero-order chi connectivity index (χ0) is 43.4. The van der Waals surface area contributed by atoms with E-state index in [0.29, 0.717) is 85.9 Å². The number of rotatable bonds is 17. The Labute approximate surface area is 377 Å². The first-order valence-electron chi connectivity index (χ1n) is 21.8. The molecule has 6 rings (SSSR count). The van der Waals surface area contributed by atoms with Gasteiger partial charge in [-0.05, 0) is 87.3 Å². The third kappa shape index (κ3) is 10.00. The van der Waals surface area contributed by atoms with Gasteiger partial charge in [-0.25, -0.2) is 0 Å².